The Morgan fingerprint density at radius 2 is 2.03 bits per heavy atom. The molecular weight excluding hydrogens is 483 g/mol. The highest BCUT2D eigenvalue weighted by Crippen LogP contribution is 2.41. The highest BCUT2D eigenvalue weighted by atomic mass is 35.5. The van der Waals surface area contributed by atoms with E-state index in [1.807, 2.05) is 24.4 Å². The number of fused-ring (bicyclic) bond motifs is 2. The molecule has 0 bridgehead atoms. The Balaban J connectivity index is 1.49. The van der Waals surface area contributed by atoms with Gasteiger partial charge < -0.3 is 16.0 Å². The fourth-order valence-corrected chi connectivity index (χ4v) is 5.18. The molecule has 1 saturated heterocycles. The number of benzene rings is 2. The number of aromatic nitrogens is 3. The van der Waals surface area contributed by atoms with Crippen LogP contribution in [0.3, 0.4) is 0 Å². The monoisotopic (exact) mass is 504 g/mol. The quantitative estimate of drug-likeness (QED) is 0.388. The standard InChI is InChI=1S/C26H22ClFN6O2/c27-19-6-5-16(28)11-17(19)24-23-18(25(35)33-24)9-15(14-4-7-22-30-13-31-34(22)12-14)10-21(23)32-26(36)20-3-1-2-8-29-20/h4-7,9-13,20,24,29H,1-3,8H2,(H,32,36)(H,33,35)/t20-,24-/m0/s1. The van der Waals surface area contributed by atoms with Gasteiger partial charge in [-0.3, -0.25) is 9.59 Å². The zero-order valence-electron chi connectivity index (χ0n) is 19.1. The van der Waals surface area contributed by atoms with Gasteiger partial charge in [-0.25, -0.2) is 13.9 Å². The molecule has 0 spiro atoms. The summed E-state index contributed by atoms with van der Waals surface area (Å²) in [5.74, 6) is -0.971. The van der Waals surface area contributed by atoms with Crippen LogP contribution in [0.15, 0.2) is 55.0 Å². The van der Waals surface area contributed by atoms with Crippen LogP contribution in [0.25, 0.3) is 16.8 Å². The molecule has 182 valence electrons. The first kappa shape index (κ1) is 22.6. The smallest absolute Gasteiger partial charge is 0.252 e. The van der Waals surface area contributed by atoms with Gasteiger partial charge in [0.1, 0.15) is 12.1 Å². The van der Waals surface area contributed by atoms with Crippen LogP contribution in [-0.4, -0.2) is 39.0 Å². The van der Waals surface area contributed by atoms with Gasteiger partial charge in [0.25, 0.3) is 5.91 Å². The molecule has 10 heteroatoms. The number of carbonyl (C=O) groups is 2. The first-order valence-electron chi connectivity index (χ1n) is 11.8. The van der Waals surface area contributed by atoms with Gasteiger partial charge in [-0.05, 0) is 67.4 Å². The number of hydrogen-bond donors (Lipinski definition) is 3. The van der Waals surface area contributed by atoms with Gasteiger partial charge in [-0.15, -0.1) is 0 Å². The van der Waals surface area contributed by atoms with Crippen LogP contribution in [0.1, 0.15) is 46.8 Å². The van der Waals surface area contributed by atoms with Gasteiger partial charge in [-0.1, -0.05) is 18.0 Å². The summed E-state index contributed by atoms with van der Waals surface area (Å²) in [4.78, 5) is 30.5. The van der Waals surface area contributed by atoms with E-state index in [-0.39, 0.29) is 17.9 Å². The van der Waals surface area contributed by atoms with Crippen molar-refractivity contribution < 1.29 is 14.0 Å². The molecule has 1 fully saturated rings. The van der Waals surface area contributed by atoms with Gasteiger partial charge in [0.2, 0.25) is 5.91 Å². The molecule has 4 aromatic rings. The predicted molar refractivity (Wildman–Crippen MR) is 133 cm³/mol. The molecule has 2 amide bonds. The highest BCUT2D eigenvalue weighted by molar-refractivity contribution is 6.31. The van der Waals surface area contributed by atoms with E-state index in [9.17, 15) is 14.0 Å². The lowest BCUT2D eigenvalue weighted by molar-refractivity contribution is -0.118. The predicted octanol–water partition coefficient (Wildman–Crippen LogP) is 4.10. The molecule has 0 unspecified atom stereocenters. The van der Waals surface area contributed by atoms with Gasteiger partial charge in [0, 0.05) is 39.2 Å². The number of anilines is 1. The van der Waals surface area contributed by atoms with Crippen LogP contribution < -0.4 is 16.0 Å². The number of halogens is 2. The number of amides is 2. The number of rotatable bonds is 4. The zero-order valence-corrected chi connectivity index (χ0v) is 19.8. The number of piperidine rings is 1. The van der Waals surface area contributed by atoms with Gasteiger partial charge in [0.05, 0.1) is 12.1 Å². The molecule has 4 heterocycles. The molecule has 3 N–H and O–H groups in total. The molecule has 2 aliphatic rings. The summed E-state index contributed by atoms with van der Waals surface area (Å²) in [6.07, 6.45) is 5.99. The zero-order chi connectivity index (χ0) is 24.8. The van der Waals surface area contributed by atoms with Crippen molar-refractivity contribution in [2.75, 3.05) is 11.9 Å². The molecule has 0 saturated carbocycles. The third-order valence-electron chi connectivity index (χ3n) is 6.75. The number of hydrogen-bond acceptors (Lipinski definition) is 5. The number of nitrogens with one attached hydrogen (secondary N) is 3. The van der Waals surface area contributed by atoms with Gasteiger partial charge in [0.15, 0.2) is 5.65 Å². The van der Waals surface area contributed by atoms with E-state index in [0.29, 0.717) is 33.0 Å². The molecule has 2 aromatic carbocycles. The van der Waals surface area contributed by atoms with Crippen LogP contribution in [-0.2, 0) is 4.79 Å². The van der Waals surface area contributed by atoms with Crippen molar-refractivity contribution in [3.63, 3.8) is 0 Å². The summed E-state index contributed by atoms with van der Waals surface area (Å²) in [7, 11) is 0. The molecule has 8 nitrogen and oxygen atoms in total. The molecule has 2 aliphatic heterocycles. The van der Waals surface area contributed by atoms with E-state index in [1.54, 1.807) is 10.6 Å². The maximum atomic E-state index is 14.2. The highest BCUT2D eigenvalue weighted by Gasteiger charge is 2.35. The third-order valence-corrected chi connectivity index (χ3v) is 7.09. The van der Waals surface area contributed by atoms with Crippen molar-refractivity contribution >= 4 is 34.7 Å². The largest absolute Gasteiger partial charge is 0.341 e. The lowest BCUT2D eigenvalue weighted by Crippen LogP contribution is -2.43. The van der Waals surface area contributed by atoms with E-state index in [0.717, 1.165) is 36.9 Å². The average Bonchev–Trinajstić information content (AvgIpc) is 3.50. The molecule has 0 aliphatic carbocycles. The van der Waals surface area contributed by atoms with Crippen LogP contribution in [0.2, 0.25) is 5.02 Å². The second-order valence-electron chi connectivity index (χ2n) is 9.03. The van der Waals surface area contributed by atoms with Crippen LogP contribution in [0, 0.1) is 5.82 Å². The Labute approximate surface area is 210 Å². The van der Waals surface area contributed by atoms with Crippen molar-refractivity contribution in [2.24, 2.45) is 0 Å². The Bertz CT molecular complexity index is 1510. The van der Waals surface area contributed by atoms with E-state index in [2.05, 4.69) is 26.0 Å². The van der Waals surface area contributed by atoms with Crippen molar-refractivity contribution in [1.82, 2.24) is 25.2 Å². The lowest BCUT2D eigenvalue weighted by Gasteiger charge is -2.24. The SMILES string of the molecule is O=C1N[C@@H](c2cc(F)ccc2Cl)c2c(NC(=O)[C@@H]3CCCCN3)cc(-c3ccc4ncnn4c3)cc21. The van der Waals surface area contributed by atoms with E-state index in [4.69, 9.17) is 11.6 Å². The van der Waals surface area contributed by atoms with E-state index < -0.39 is 11.9 Å². The fourth-order valence-electron chi connectivity index (χ4n) is 4.96. The van der Waals surface area contributed by atoms with Crippen LogP contribution in [0.5, 0.6) is 0 Å². The summed E-state index contributed by atoms with van der Waals surface area (Å²) in [5.41, 5.74) is 4.05. The molecular formula is C26H22ClFN6O2. The Hall–Kier alpha value is -3.82. The number of pyridine rings is 1. The Morgan fingerprint density at radius 1 is 1.14 bits per heavy atom. The summed E-state index contributed by atoms with van der Waals surface area (Å²) >= 11 is 6.41. The van der Waals surface area contributed by atoms with Crippen molar-refractivity contribution in [2.45, 2.75) is 31.3 Å². The molecule has 36 heavy (non-hydrogen) atoms. The molecule has 2 aromatic heterocycles. The molecule has 6 rings (SSSR count). The van der Waals surface area contributed by atoms with Gasteiger partial charge >= 0.3 is 0 Å². The Kier molecular flexibility index (Phi) is 5.66. The third kappa shape index (κ3) is 4.00. The van der Waals surface area contributed by atoms with E-state index in [1.165, 1.54) is 24.5 Å². The first-order chi connectivity index (χ1) is 17.5. The minimum absolute atomic E-state index is 0.177. The van der Waals surface area contributed by atoms with Crippen molar-refractivity contribution in [1.29, 1.82) is 0 Å². The van der Waals surface area contributed by atoms with Gasteiger partial charge in [-0.2, -0.15) is 5.10 Å². The summed E-state index contributed by atoms with van der Waals surface area (Å²) < 4.78 is 15.8. The van der Waals surface area contributed by atoms with Crippen LogP contribution >= 0.6 is 11.6 Å². The summed E-state index contributed by atoms with van der Waals surface area (Å²) in [5, 5.41) is 13.7. The molecule has 0 radical (unpaired) electrons. The Morgan fingerprint density at radius 3 is 2.86 bits per heavy atom. The number of carbonyl (C=O) groups excluding carboxylic acids is 2. The minimum Gasteiger partial charge on any atom is -0.341 e. The van der Waals surface area contributed by atoms with Crippen molar-refractivity contribution in [3.05, 3.63) is 82.5 Å². The average molecular weight is 505 g/mol. The first-order valence-corrected chi connectivity index (χ1v) is 12.1. The number of nitrogens with zero attached hydrogens (tertiary/aromatic N) is 3. The lowest BCUT2D eigenvalue weighted by atomic mass is 9.92. The molecule has 2 atom stereocenters. The fraction of sp³-hybridized carbons (Fsp3) is 0.231. The minimum atomic E-state index is -0.711. The summed E-state index contributed by atoms with van der Waals surface area (Å²) in [6.45, 7) is 0.774. The normalized spacial score (nSPS) is 19.2. The maximum absolute atomic E-state index is 14.2. The van der Waals surface area contributed by atoms with Crippen molar-refractivity contribution in [3.8, 4) is 11.1 Å². The maximum Gasteiger partial charge on any atom is 0.252 e. The second kappa shape index (κ2) is 9.00. The second-order valence-corrected chi connectivity index (χ2v) is 9.44. The topological polar surface area (TPSA) is 100 Å². The van der Waals surface area contributed by atoms with Crippen LogP contribution in [0.4, 0.5) is 10.1 Å². The summed E-state index contributed by atoms with van der Waals surface area (Å²) in [6, 6.07) is 10.3. The van der Waals surface area contributed by atoms with E-state index >= 15 is 0 Å².